The van der Waals surface area contributed by atoms with Gasteiger partial charge < -0.3 is 4.74 Å². The molecule has 1 aliphatic heterocycles. The largest absolute Gasteiger partial charge is 0.458 e. The molecular weight excluding hydrogens is 264 g/mol. The van der Waals surface area contributed by atoms with Crippen molar-refractivity contribution in [3.8, 4) is 0 Å². The topological polar surface area (TPSA) is 26.3 Å². The van der Waals surface area contributed by atoms with Gasteiger partial charge in [0.2, 0.25) is 0 Å². The molecular formula is C14H22O2S2. The number of rotatable bonds is 8. The molecule has 1 rings (SSSR count). The van der Waals surface area contributed by atoms with E-state index in [1.54, 1.807) is 6.08 Å². The molecule has 0 spiro atoms. The number of ether oxygens (including phenoxy) is 1. The Morgan fingerprint density at radius 1 is 1.44 bits per heavy atom. The summed E-state index contributed by atoms with van der Waals surface area (Å²) in [6.45, 7) is 9.20. The third-order valence-electron chi connectivity index (χ3n) is 2.84. The lowest BCUT2D eigenvalue weighted by Gasteiger charge is -2.26. The monoisotopic (exact) mass is 286 g/mol. The van der Waals surface area contributed by atoms with Crippen LogP contribution in [0.4, 0.5) is 0 Å². The van der Waals surface area contributed by atoms with Gasteiger partial charge in [-0.3, -0.25) is 4.79 Å². The Balaban J connectivity index is 2.48. The summed E-state index contributed by atoms with van der Waals surface area (Å²) in [6.07, 6.45) is 7.05. The van der Waals surface area contributed by atoms with Gasteiger partial charge in [-0.05, 0) is 26.2 Å². The lowest BCUT2D eigenvalue weighted by Crippen LogP contribution is -2.25. The Kier molecular flexibility index (Phi) is 6.94. The zero-order chi connectivity index (χ0) is 13.4. The van der Waals surface area contributed by atoms with Crippen molar-refractivity contribution in [1.29, 1.82) is 0 Å². The van der Waals surface area contributed by atoms with Crippen molar-refractivity contribution < 1.29 is 9.53 Å². The highest BCUT2D eigenvalue weighted by Crippen LogP contribution is 2.50. The first kappa shape index (κ1) is 15.7. The van der Waals surface area contributed by atoms with E-state index in [2.05, 4.69) is 13.2 Å². The van der Waals surface area contributed by atoms with Crippen molar-refractivity contribution in [3.05, 3.63) is 25.3 Å². The van der Waals surface area contributed by atoms with Crippen LogP contribution >= 0.6 is 23.5 Å². The number of esters is 1. The molecule has 0 amide bonds. The molecule has 0 bridgehead atoms. The number of carbonyl (C=O) groups is 1. The van der Waals surface area contributed by atoms with Crippen LogP contribution < -0.4 is 0 Å². The molecule has 2 nitrogen and oxygen atoms in total. The van der Waals surface area contributed by atoms with Crippen LogP contribution in [0.1, 0.15) is 32.6 Å². The molecule has 1 fully saturated rings. The van der Waals surface area contributed by atoms with Gasteiger partial charge in [0, 0.05) is 11.5 Å². The molecule has 0 aromatic heterocycles. The van der Waals surface area contributed by atoms with E-state index in [4.69, 9.17) is 4.74 Å². The maximum Gasteiger partial charge on any atom is 0.308 e. The molecule has 1 heterocycles. The number of thioether (sulfide) groups is 2. The van der Waals surface area contributed by atoms with E-state index in [0.717, 1.165) is 30.8 Å². The second kappa shape index (κ2) is 7.95. The predicted molar refractivity (Wildman–Crippen MR) is 82.1 cm³/mol. The van der Waals surface area contributed by atoms with Crippen LogP contribution in [0.5, 0.6) is 0 Å². The highest BCUT2D eigenvalue weighted by molar-refractivity contribution is 8.21. The fraction of sp³-hybridized carbons (Fsp3) is 0.643. The van der Waals surface area contributed by atoms with Crippen LogP contribution in [0.2, 0.25) is 0 Å². The van der Waals surface area contributed by atoms with E-state index in [9.17, 15) is 4.79 Å². The van der Waals surface area contributed by atoms with Gasteiger partial charge in [0.25, 0.3) is 0 Å². The molecule has 4 heteroatoms. The first-order valence-electron chi connectivity index (χ1n) is 6.33. The van der Waals surface area contributed by atoms with E-state index < -0.39 is 0 Å². The molecule has 18 heavy (non-hydrogen) atoms. The van der Waals surface area contributed by atoms with Crippen LogP contribution in [-0.2, 0) is 9.53 Å². The molecule has 0 saturated carbocycles. The molecule has 0 aromatic rings. The minimum absolute atomic E-state index is 0.0288. The second-order valence-corrected chi connectivity index (χ2v) is 7.61. The van der Waals surface area contributed by atoms with Gasteiger partial charge in [0.05, 0.1) is 10.5 Å². The molecule has 1 saturated heterocycles. The van der Waals surface area contributed by atoms with E-state index in [0.29, 0.717) is 6.42 Å². The summed E-state index contributed by atoms with van der Waals surface area (Å²) >= 11 is 3.81. The zero-order valence-electron chi connectivity index (χ0n) is 11.0. The summed E-state index contributed by atoms with van der Waals surface area (Å²) in [5, 5.41) is 0. The number of carbonyl (C=O) groups excluding carboxylic acids is 1. The van der Waals surface area contributed by atoms with Crippen molar-refractivity contribution in [2.75, 3.05) is 11.5 Å². The van der Waals surface area contributed by atoms with Gasteiger partial charge in [0.1, 0.15) is 6.10 Å². The number of hydrogen-bond acceptors (Lipinski definition) is 4. The molecule has 0 aliphatic carbocycles. The van der Waals surface area contributed by atoms with Gasteiger partial charge in [-0.25, -0.2) is 0 Å². The smallest absolute Gasteiger partial charge is 0.308 e. The Bertz CT molecular complexity index is 296. The lowest BCUT2D eigenvalue weighted by molar-refractivity contribution is -0.146. The summed E-state index contributed by atoms with van der Waals surface area (Å²) in [5.41, 5.74) is 0. The second-order valence-electron chi connectivity index (χ2n) is 4.40. The molecule has 102 valence electrons. The number of unbranched alkanes of at least 4 members (excludes halogenated alkanes) is 1. The number of allylic oxidation sites excluding steroid dienone is 1. The van der Waals surface area contributed by atoms with Crippen molar-refractivity contribution in [2.24, 2.45) is 0 Å². The third kappa shape index (κ3) is 5.11. The first-order valence-corrected chi connectivity index (χ1v) is 8.30. The molecule has 0 unspecified atom stereocenters. The van der Waals surface area contributed by atoms with Crippen LogP contribution in [0.25, 0.3) is 0 Å². The average Bonchev–Trinajstić information content (AvgIpc) is 2.77. The van der Waals surface area contributed by atoms with Crippen molar-refractivity contribution in [3.63, 3.8) is 0 Å². The molecule has 0 N–H and O–H groups in total. The first-order chi connectivity index (χ1) is 8.62. The van der Waals surface area contributed by atoms with Gasteiger partial charge in [-0.15, -0.1) is 30.1 Å². The summed E-state index contributed by atoms with van der Waals surface area (Å²) in [6, 6.07) is 0. The van der Waals surface area contributed by atoms with E-state index in [-0.39, 0.29) is 16.2 Å². The van der Waals surface area contributed by atoms with Crippen molar-refractivity contribution in [2.45, 2.75) is 42.8 Å². The van der Waals surface area contributed by atoms with E-state index >= 15 is 0 Å². The van der Waals surface area contributed by atoms with Crippen molar-refractivity contribution in [1.82, 2.24) is 0 Å². The maximum absolute atomic E-state index is 11.9. The zero-order valence-corrected chi connectivity index (χ0v) is 12.7. The Morgan fingerprint density at radius 3 is 2.67 bits per heavy atom. The predicted octanol–water partition coefficient (Wildman–Crippen LogP) is 4.03. The fourth-order valence-corrected chi connectivity index (χ4v) is 5.13. The highest BCUT2D eigenvalue weighted by Gasteiger charge is 2.37. The molecule has 1 atom stereocenters. The van der Waals surface area contributed by atoms with Crippen LogP contribution in [0.15, 0.2) is 25.3 Å². The molecule has 0 aromatic carbocycles. The fourth-order valence-electron chi connectivity index (χ4n) is 1.86. The quantitative estimate of drug-likeness (QED) is 0.382. The minimum atomic E-state index is -0.195. The Labute approximate surface area is 119 Å². The van der Waals surface area contributed by atoms with Crippen molar-refractivity contribution >= 4 is 29.5 Å². The summed E-state index contributed by atoms with van der Waals surface area (Å²) < 4.78 is 5.32. The minimum Gasteiger partial charge on any atom is -0.458 e. The lowest BCUT2D eigenvalue weighted by atomic mass is 10.1. The summed E-state index contributed by atoms with van der Waals surface area (Å²) in [7, 11) is 0. The van der Waals surface area contributed by atoms with Gasteiger partial charge in [-0.2, -0.15) is 0 Å². The highest BCUT2D eigenvalue weighted by atomic mass is 32.2. The summed E-state index contributed by atoms with van der Waals surface area (Å²) in [4.78, 5) is 11.9. The average molecular weight is 286 g/mol. The van der Waals surface area contributed by atoms with Gasteiger partial charge >= 0.3 is 5.97 Å². The van der Waals surface area contributed by atoms with Crippen LogP contribution in [0.3, 0.4) is 0 Å². The van der Waals surface area contributed by atoms with Crippen LogP contribution in [0, 0.1) is 0 Å². The Morgan fingerprint density at radius 2 is 2.11 bits per heavy atom. The molecule has 1 aliphatic rings. The maximum atomic E-state index is 11.9. The van der Waals surface area contributed by atoms with E-state index in [1.807, 2.05) is 36.5 Å². The SMILES string of the molecule is C=CCCCC1(CC(=O)O[C@H](C)C=C)SCCS1. The standard InChI is InChI=1S/C14H22O2S2/c1-4-6-7-8-14(17-9-10-18-14)11-13(15)16-12(3)5-2/h4-5,12H,1-2,6-11H2,3H3/t12-/m1/s1. The Hall–Kier alpha value is -0.350. The van der Waals surface area contributed by atoms with Gasteiger partial charge in [-0.1, -0.05) is 18.7 Å². The van der Waals surface area contributed by atoms with E-state index in [1.165, 1.54) is 0 Å². The summed E-state index contributed by atoms with van der Waals surface area (Å²) in [5.74, 6) is 2.15. The van der Waals surface area contributed by atoms with Gasteiger partial charge in [0.15, 0.2) is 0 Å². The number of hydrogen-bond donors (Lipinski definition) is 0. The third-order valence-corrected chi connectivity index (χ3v) is 6.37. The van der Waals surface area contributed by atoms with Crippen LogP contribution in [-0.4, -0.2) is 27.7 Å². The normalized spacial score (nSPS) is 19.2. The molecule has 0 radical (unpaired) electrons.